The van der Waals surface area contributed by atoms with Gasteiger partial charge in [-0.15, -0.1) is 0 Å². The van der Waals surface area contributed by atoms with Gasteiger partial charge in [0.1, 0.15) is 0 Å². The molecule has 0 fully saturated rings. The van der Waals surface area contributed by atoms with E-state index < -0.39 is 20.7 Å². The van der Waals surface area contributed by atoms with Crippen LogP contribution in [-0.4, -0.2) is 17.9 Å². The maximum atomic E-state index is 12.8. The molecular formula is C16H15N3O6S. The fraction of sp³-hybridized carbons (Fsp3) is 0.188. The molecule has 10 heteroatoms. The van der Waals surface area contributed by atoms with Gasteiger partial charge in [-0.2, -0.15) is 0 Å². The maximum Gasteiger partial charge on any atom is 0.419 e. The number of nitrogens with zero attached hydrogens (tertiary/aromatic N) is 2. The number of nitrogens with one attached hydrogen (secondary N) is 1. The molecule has 0 unspecified atom stereocenters. The molecule has 9 nitrogen and oxygen atoms in total. The fourth-order valence-electron chi connectivity index (χ4n) is 2.62. The monoisotopic (exact) mass is 377 g/mol. The summed E-state index contributed by atoms with van der Waals surface area (Å²) in [5.41, 5.74) is 1.58. The Morgan fingerprint density at radius 2 is 1.85 bits per heavy atom. The number of non-ortho nitro benzene ring substituents is 1. The van der Waals surface area contributed by atoms with Crippen molar-refractivity contribution >= 4 is 32.5 Å². The average molecular weight is 377 g/mol. The van der Waals surface area contributed by atoms with Crippen LogP contribution >= 0.6 is 0 Å². The van der Waals surface area contributed by atoms with E-state index in [4.69, 9.17) is 4.42 Å². The highest BCUT2D eigenvalue weighted by molar-refractivity contribution is 7.92. The Balaban J connectivity index is 2.06. The molecule has 3 aromatic rings. The second kappa shape index (κ2) is 5.99. The molecule has 1 heterocycles. The van der Waals surface area contributed by atoms with Crippen molar-refractivity contribution in [2.75, 3.05) is 4.72 Å². The lowest BCUT2D eigenvalue weighted by Gasteiger charge is -2.12. The second-order valence-electron chi connectivity index (χ2n) is 5.87. The molecule has 0 aliphatic carbocycles. The summed E-state index contributed by atoms with van der Waals surface area (Å²) in [6.07, 6.45) is 0. The third kappa shape index (κ3) is 2.94. The van der Waals surface area contributed by atoms with Gasteiger partial charge in [0.2, 0.25) is 0 Å². The van der Waals surface area contributed by atoms with Gasteiger partial charge in [-0.3, -0.25) is 19.4 Å². The molecule has 26 heavy (non-hydrogen) atoms. The molecule has 0 radical (unpaired) electrons. The molecule has 1 aromatic heterocycles. The van der Waals surface area contributed by atoms with E-state index in [1.807, 2.05) is 0 Å². The molecule has 0 aliphatic heterocycles. The Hall–Kier alpha value is -3.14. The molecule has 0 saturated heterocycles. The van der Waals surface area contributed by atoms with Crippen molar-refractivity contribution in [3.63, 3.8) is 0 Å². The number of anilines is 1. The zero-order chi connectivity index (χ0) is 19.2. The van der Waals surface area contributed by atoms with Crippen molar-refractivity contribution < 1.29 is 17.8 Å². The van der Waals surface area contributed by atoms with Crippen LogP contribution in [0.15, 0.2) is 44.4 Å². The van der Waals surface area contributed by atoms with E-state index in [1.54, 1.807) is 19.9 Å². The van der Waals surface area contributed by atoms with Gasteiger partial charge in [0.15, 0.2) is 5.58 Å². The van der Waals surface area contributed by atoms with Crippen molar-refractivity contribution in [3.8, 4) is 0 Å². The minimum atomic E-state index is -3.99. The summed E-state index contributed by atoms with van der Waals surface area (Å²) in [7, 11) is -2.46. The number of sulfonamides is 1. The van der Waals surface area contributed by atoms with Gasteiger partial charge in [-0.1, -0.05) is 0 Å². The molecule has 0 saturated carbocycles. The number of nitro groups is 1. The number of hydrogen-bond acceptors (Lipinski definition) is 6. The number of fused-ring (bicyclic) bond motifs is 1. The maximum absolute atomic E-state index is 12.8. The summed E-state index contributed by atoms with van der Waals surface area (Å²) in [6, 6.07) is 6.68. The van der Waals surface area contributed by atoms with Gasteiger partial charge in [0, 0.05) is 25.2 Å². The number of aryl methyl sites for hydroxylation is 3. The number of benzene rings is 2. The standard InChI is InChI=1S/C16H15N3O6S/c1-9-6-11(19(21)22)4-5-12(9)17-26(23,24)15-8-14-13(7-10(15)2)18(3)16(20)25-14/h4-8,17H,1-3H3. The summed E-state index contributed by atoms with van der Waals surface area (Å²) < 4.78 is 34.3. The van der Waals surface area contributed by atoms with Gasteiger partial charge in [-0.05, 0) is 37.1 Å². The number of hydrogen-bond donors (Lipinski definition) is 1. The van der Waals surface area contributed by atoms with Crippen molar-refractivity contribution in [1.29, 1.82) is 0 Å². The first-order valence-corrected chi connectivity index (χ1v) is 8.96. The number of nitro benzene ring substituents is 1. The van der Waals surface area contributed by atoms with Crippen LogP contribution in [0.4, 0.5) is 11.4 Å². The summed E-state index contributed by atoms with van der Waals surface area (Å²) in [5.74, 6) is -0.590. The first-order valence-electron chi connectivity index (χ1n) is 7.48. The van der Waals surface area contributed by atoms with E-state index in [0.717, 1.165) is 0 Å². The van der Waals surface area contributed by atoms with Crippen LogP contribution in [-0.2, 0) is 17.1 Å². The molecule has 0 atom stereocenters. The van der Waals surface area contributed by atoms with Crippen LogP contribution in [0.3, 0.4) is 0 Å². The molecule has 3 rings (SSSR count). The lowest BCUT2D eigenvalue weighted by molar-refractivity contribution is -0.384. The first kappa shape index (κ1) is 17.7. The zero-order valence-corrected chi connectivity index (χ0v) is 15.0. The molecule has 136 valence electrons. The van der Waals surface area contributed by atoms with E-state index in [2.05, 4.69) is 4.72 Å². The van der Waals surface area contributed by atoms with Crippen LogP contribution in [0, 0.1) is 24.0 Å². The van der Waals surface area contributed by atoms with E-state index in [-0.39, 0.29) is 21.9 Å². The van der Waals surface area contributed by atoms with Gasteiger partial charge in [0.25, 0.3) is 15.7 Å². The second-order valence-corrected chi connectivity index (χ2v) is 7.53. The van der Waals surface area contributed by atoms with Crippen molar-refractivity contribution in [2.24, 2.45) is 7.05 Å². The number of rotatable bonds is 4. The first-order chi connectivity index (χ1) is 12.1. The Kier molecular flexibility index (Phi) is 4.07. The minimum Gasteiger partial charge on any atom is -0.408 e. The zero-order valence-electron chi connectivity index (χ0n) is 14.1. The molecule has 2 aromatic carbocycles. The molecule has 0 spiro atoms. The SMILES string of the molecule is Cc1cc([N+](=O)[O-])ccc1NS(=O)(=O)c1cc2oc(=O)n(C)c2cc1C. The summed E-state index contributed by atoms with van der Waals surface area (Å²) in [6.45, 7) is 3.17. The predicted molar refractivity (Wildman–Crippen MR) is 94.8 cm³/mol. The van der Waals surface area contributed by atoms with Crippen molar-refractivity contribution in [3.05, 3.63) is 62.1 Å². The summed E-state index contributed by atoms with van der Waals surface area (Å²) in [4.78, 5) is 21.8. The topological polar surface area (TPSA) is 124 Å². The third-order valence-electron chi connectivity index (χ3n) is 4.04. The molecule has 0 aliphatic rings. The predicted octanol–water partition coefficient (Wildman–Crippen LogP) is 2.46. The normalized spacial score (nSPS) is 11.7. The largest absolute Gasteiger partial charge is 0.419 e. The average Bonchev–Trinajstić information content (AvgIpc) is 2.83. The van der Waals surface area contributed by atoms with E-state index in [1.165, 1.54) is 35.9 Å². The lowest BCUT2D eigenvalue weighted by atomic mass is 10.2. The van der Waals surface area contributed by atoms with E-state index >= 15 is 0 Å². The van der Waals surface area contributed by atoms with Crippen LogP contribution < -0.4 is 10.5 Å². The third-order valence-corrected chi connectivity index (χ3v) is 5.55. The number of oxazole rings is 1. The van der Waals surface area contributed by atoms with Crippen LogP contribution in [0.5, 0.6) is 0 Å². The summed E-state index contributed by atoms with van der Waals surface area (Å²) >= 11 is 0. The van der Waals surface area contributed by atoms with E-state index in [0.29, 0.717) is 16.6 Å². The lowest BCUT2D eigenvalue weighted by Crippen LogP contribution is -2.15. The Morgan fingerprint density at radius 1 is 1.15 bits per heavy atom. The Bertz CT molecular complexity index is 1210. The van der Waals surface area contributed by atoms with Crippen LogP contribution in [0.25, 0.3) is 11.1 Å². The van der Waals surface area contributed by atoms with Gasteiger partial charge in [0.05, 0.1) is 21.0 Å². The van der Waals surface area contributed by atoms with E-state index in [9.17, 15) is 23.3 Å². The van der Waals surface area contributed by atoms with Crippen molar-refractivity contribution in [2.45, 2.75) is 18.7 Å². The highest BCUT2D eigenvalue weighted by Gasteiger charge is 2.21. The molecule has 0 amide bonds. The van der Waals surface area contributed by atoms with Gasteiger partial charge in [-0.25, -0.2) is 13.2 Å². The van der Waals surface area contributed by atoms with Crippen LogP contribution in [0.1, 0.15) is 11.1 Å². The highest BCUT2D eigenvalue weighted by Crippen LogP contribution is 2.27. The quantitative estimate of drug-likeness (QED) is 0.550. The van der Waals surface area contributed by atoms with Crippen LogP contribution in [0.2, 0.25) is 0 Å². The molecule has 0 bridgehead atoms. The van der Waals surface area contributed by atoms with Gasteiger partial charge < -0.3 is 4.42 Å². The smallest absolute Gasteiger partial charge is 0.408 e. The highest BCUT2D eigenvalue weighted by atomic mass is 32.2. The number of aromatic nitrogens is 1. The Labute approximate surface area is 148 Å². The van der Waals surface area contributed by atoms with Crippen molar-refractivity contribution in [1.82, 2.24) is 4.57 Å². The Morgan fingerprint density at radius 3 is 2.46 bits per heavy atom. The fourth-order valence-corrected chi connectivity index (χ4v) is 4.00. The minimum absolute atomic E-state index is 0.0443. The summed E-state index contributed by atoms with van der Waals surface area (Å²) in [5, 5.41) is 10.8. The molecular weight excluding hydrogens is 362 g/mol. The molecule has 1 N–H and O–H groups in total. The van der Waals surface area contributed by atoms with Gasteiger partial charge >= 0.3 is 5.76 Å².